The van der Waals surface area contributed by atoms with Crippen LogP contribution < -0.4 is 11.1 Å². The maximum absolute atomic E-state index is 8.78. The number of nitrogens with zero attached hydrogens (tertiary/aromatic N) is 2. The first-order valence-electron chi connectivity index (χ1n) is 4.17. The van der Waals surface area contributed by atoms with E-state index in [-0.39, 0.29) is 0 Å². The van der Waals surface area contributed by atoms with Gasteiger partial charge in [-0.2, -0.15) is 21.4 Å². The lowest BCUT2D eigenvalue weighted by atomic mass is 10.3. The summed E-state index contributed by atoms with van der Waals surface area (Å²) in [6, 6.07) is 2.04. The normalized spacial score (nSPS) is 9.71. The van der Waals surface area contributed by atoms with Gasteiger partial charge >= 0.3 is 0 Å². The molecule has 0 aliphatic heterocycles. The van der Waals surface area contributed by atoms with E-state index in [1.807, 2.05) is 17.8 Å². The van der Waals surface area contributed by atoms with Gasteiger partial charge in [0, 0.05) is 6.54 Å². The Balaban J connectivity index is 2.47. The summed E-state index contributed by atoms with van der Waals surface area (Å²) in [6.45, 7) is 0.858. The quantitative estimate of drug-likeness (QED) is 0.751. The minimum Gasteiger partial charge on any atom is -0.382 e. The smallest absolute Gasteiger partial charge is 0.157 e. The molecule has 0 atom stereocenters. The lowest BCUT2D eigenvalue weighted by molar-refractivity contribution is 0.997. The molecule has 1 aromatic heterocycles. The SMILES string of the molecule is CSCCCNc1snc(N)c1C#N. The van der Waals surface area contributed by atoms with Crippen molar-refractivity contribution in [3.05, 3.63) is 5.56 Å². The fraction of sp³-hybridized carbons (Fsp3) is 0.500. The minimum atomic E-state index is 0.324. The van der Waals surface area contributed by atoms with Crippen LogP contribution in [0.5, 0.6) is 0 Å². The van der Waals surface area contributed by atoms with Crippen LogP contribution in [0.25, 0.3) is 0 Å². The monoisotopic (exact) mass is 228 g/mol. The van der Waals surface area contributed by atoms with Crippen molar-refractivity contribution in [2.75, 3.05) is 29.6 Å². The van der Waals surface area contributed by atoms with E-state index < -0.39 is 0 Å². The standard InChI is InChI=1S/C8H12N4S2/c1-13-4-2-3-11-8-6(5-9)7(10)12-14-8/h11H,2-4H2,1H3,(H2,10,12). The third-order valence-electron chi connectivity index (χ3n) is 1.64. The summed E-state index contributed by atoms with van der Waals surface area (Å²) in [7, 11) is 0. The van der Waals surface area contributed by atoms with Crippen molar-refractivity contribution < 1.29 is 0 Å². The van der Waals surface area contributed by atoms with E-state index in [1.54, 1.807) is 0 Å². The zero-order chi connectivity index (χ0) is 10.4. The molecule has 0 saturated heterocycles. The summed E-state index contributed by atoms with van der Waals surface area (Å²) < 4.78 is 3.92. The molecule has 0 spiro atoms. The number of hydrogen-bond donors (Lipinski definition) is 2. The Hall–Kier alpha value is -0.930. The van der Waals surface area contributed by atoms with Gasteiger partial charge in [-0.1, -0.05) is 0 Å². The fourth-order valence-corrected chi connectivity index (χ4v) is 2.07. The van der Waals surface area contributed by atoms with E-state index >= 15 is 0 Å². The second-order valence-corrected chi connectivity index (χ2v) is 4.42. The fourth-order valence-electron chi connectivity index (χ4n) is 0.950. The van der Waals surface area contributed by atoms with E-state index in [9.17, 15) is 0 Å². The molecule has 1 aromatic rings. The zero-order valence-electron chi connectivity index (χ0n) is 7.91. The predicted molar refractivity (Wildman–Crippen MR) is 62.7 cm³/mol. The van der Waals surface area contributed by atoms with Crippen molar-refractivity contribution in [2.45, 2.75) is 6.42 Å². The van der Waals surface area contributed by atoms with Crippen LogP contribution in [0.3, 0.4) is 0 Å². The molecule has 0 saturated carbocycles. The molecule has 14 heavy (non-hydrogen) atoms. The second-order valence-electron chi connectivity index (χ2n) is 2.66. The van der Waals surface area contributed by atoms with Crippen molar-refractivity contribution in [1.82, 2.24) is 4.37 Å². The summed E-state index contributed by atoms with van der Waals surface area (Å²) in [5, 5.41) is 12.7. The highest BCUT2D eigenvalue weighted by Gasteiger charge is 2.09. The number of nitrogens with two attached hydrogens (primary N) is 1. The van der Waals surface area contributed by atoms with Crippen LogP contribution in [0.2, 0.25) is 0 Å². The largest absolute Gasteiger partial charge is 0.382 e. The first-order valence-corrected chi connectivity index (χ1v) is 6.34. The Morgan fingerprint density at radius 2 is 2.50 bits per heavy atom. The van der Waals surface area contributed by atoms with Gasteiger partial charge < -0.3 is 11.1 Å². The Bertz CT molecular complexity index is 329. The number of anilines is 2. The van der Waals surface area contributed by atoms with Crippen LogP contribution in [-0.2, 0) is 0 Å². The third kappa shape index (κ3) is 2.79. The predicted octanol–water partition coefficient (Wildman–Crippen LogP) is 1.76. The Morgan fingerprint density at radius 1 is 1.71 bits per heavy atom. The first-order chi connectivity index (χ1) is 6.79. The molecule has 6 heteroatoms. The molecule has 76 valence electrons. The molecule has 3 N–H and O–H groups in total. The van der Waals surface area contributed by atoms with Crippen LogP contribution in [0.4, 0.5) is 10.8 Å². The van der Waals surface area contributed by atoms with E-state index in [0.29, 0.717) is 11.4 Å². The van der Waals surface area contributed by atoms with Crippen LogP contribution in [-0.4, -0.2) is 22.9 Å². The van der Waals surface area contributed by atoms with Crippen LogP contribution >= 0.6 is 23.3 Å². The molecule has 0 radical (unpaired) electrons. The number of aromatic nitrogens is 1. The van der Waals surface area contributed by atoms with Crippen LogP contribution in [0, 0.1) is 11.3 Å². The molecule has 1 rings (SSSR count). The number of hydrogen-bond acceptors (Lipinski definition) is 6. The highest BCUT2D eigenvalue weighted by Crippen LogP contribution is 2.25. The molecule has 0 unspecified atom stereocenters. The summed E-state index contributed by atoms with van der Waals surface area (Å²) >= 11 is 3.05. The van der Waals surface area contributed by atoms with Crippen molar-refractivity contribution in [1.29, 1.82) is 5.26 Å². The van der Waals surface area contributed by atoms with Gasteiger partial charge in [-0.25, -0.2) is 0 Å². The average molecular weight is 228 g/mol. The van der Waals surface area contributed by atoms with Gasteiger partial charge in [0.15, 0.2) is 5.82 Å². The molecule has 0 fully saturated rings. The Morgan fingerprint density at radius 3 is 3.14 bits per heavy atom. The first kappa shape index (κ1) is 11.1. The Labute approximate surface area is 91.7 Å². The summed E-state index contributed by atoms with van der Waals surface area (Å²) in [5.74, 6) is 1.44. The van der Waals surface area contributed by atoms with Crippen molar-refractivity contribution in [3.63, 3.8) is 0 Å². The second kappa shape index (κ2) is 5.73. The maximum atomic E-state index is 8.78. The Kier molecular flexibility index (Phi) is 4.56. The molecule has 0 aromatic carbocycles. The number of nitriles is 1. The van der Waals surface area contributed by atoms with Crippen molar-refractivity contribution >= 4 is 34.1 Å². The van der Waals surface area contributed by atoms with E-state index in [4.69, 9.17) is 11.0 Å². The molecule has 0 bridgehead atoms. The third-order valence-corrected chi connectivity index (χ3v) is 3.16. The lowest BCUT2D eigenvalue weighted by Crippen LogP contribution is -2.02. The van der Waals surface area contributed by atoms with Gasteiger partial charge in [-0.15, -0.1) is 0 Å². The lowest BCUT2D eigenvalue weighted by Gasteiger charge is -2.01. The average Bonchev–Trinajstić information content (AvgIpc) is 2.54. The summed E-state index contributed by atoms with van der Waals surface area (Å²) in [5.41, 5.74) is 5.99. The number of nitrogens with one attached hydrogen (secondary N) is 1. The van der Waals surface area contributed by atoms with Crippen molar-refractivity contribution in [2.24, 2.45) is 0 Å². The zero-order valence-corrected chi connectivity index (χ0v) is 9.54. The van der Waals surface area contributed by atoms with Gasteiger partial charge in [0.05, 0.1) is 0 Å². The number of rotatable bonds is 5. The molecular weight excluding hydrogens is 216 g/mol. The van der Waals surface area contributed by atoms with Gasteiger partial charge in [0.25, 0.3) is 0 Å². The van der Waals surface area contributed by atoms with Gasteiger partial charge in [0.1, 0.15) is 16.6 Å². The van der Waals surface area contributed by atoms with Crippen molar-refractivity contribution in [3.8, 4) is 6.07 Å². The topological polar surface area (TPSA) is 74.7 Å². The van der Waals surface area contributed by atoms with Gasteiger partial charge in [-0.05, 0) is 30.0 Å². The molecular formula is C8H12N4S2. The molecule has 4 nitrogen and oxygen atoms in total. The molecule has 0 aliphatic rings. The molecule has 1 heterocycles. The van der Waals surface area contributed by atoms with Crippen LogP contribution in [0.15, 0.2) is 0 Å². The highest BCUT2D eigenvalue weighted by molar-refractivity contribution is 7.98. The maximum Gasteiger partial charge on any atom is 0.157 e. The van der Waals surface area contributed by atoms with E-state index in [2.05, 4.69) is 15.9 Å². The number of nitrogen functional groups attached to an aromatic ring is 1. The summed E-state index contributed by atoms with van der Waals surface area (Å²) in [6.07, 6.45) is 3.15. The van der Waals surface area contributed by atoms with Crippen LogP contribution in [0.1, 0.15) is 12.0 Å². The highest BCUT2D eigenvalue weighted by atomic mass is 32.2. The number of thioether (sulfide) groups is 1. The summed E-state index contributed by atoms with van der Waals surface area (Å²) in [4.78, 5) is 0. The molecule has 0 amide bonds. The minimum absolute atomic E-state index is 0.324. The van der Waals surface area contributed by atoms with Gasteiger partial charge in [0.2, 0.25) is 0 Å². The van der Waals surface area contributed by atoms with E-state index in [0.717, 1.165) is 23.7 Å². The van der Waals surface area contributed by atoms with Gasteiger partial charge in [-0.3, -0.25) is 0 Å². The van der Waals surface area contributed by atoms with E-state index in [1.165, 1.54) is 11.5 Å². The molecule has 0 aliphatic carbocycles.